The summed E-state index contributed by atoms with van der Waals surface area (Å²) in [6, 6.07) is 0.486. The molecule has 0 radical (unpaired) electrons. The third-order valence-electron chi connectivity index (χ3n) is 4.05. The van der Waals surface area contributed by atoms with Crippen LogP contribution in [0.5, 0.6) is 0 Å². The summed E-state index contributed by atoms with van der Waals surface area (Å²) in [5.41, 5.74) is 6.71. The van der Waals surface area contributed by atoms with Gasteiger partial charge in [0.05, 0.1) is 11.4 Å². The molecule has 8 heteroatoms. The number of nitrogens with zero attached hydrogens (tertiary/aromatic N) is 4. The Bertz CT molecular complexity index is 719. The maximum absolute atomic E-state index is 11.4. The molecule has 0 atom stereocenters. The highest BCUT2D eigenvalue weighted by molar-refractivity contribution is 14.1. The minimum Gasteiger partial charge on any atom is -0.383 e. The lowest BCUT2D eigenvalue weighted by Crippen LogP contribution is -2.37. The Morgan fingerprint density at radius 2 is 2.14 bits per heavy atom. The van der Waals surface area contributed by atoms with Crippen LogP contribution in [0.15, 0.2) is 19.0 Å². The molecule has 1 amide bonds. The van der Waals surface area contributed by atoms with Gasteiger partial charge in [0.2, 0.25) is 5.91 Å². The van der Waals surface area contributed by atoms with Gasteiger partial charge in [0.25, 0.3) is 0 Å². The first kappa shape index (κ1) is 15.2. The van der Waals surface area contributed by atoms with E-state index in [0.29, 0.717) is 5.82 Å². The monoisotopic (exact) mass is 412 g/mol. The predicted molar refractivity (Wildman–Crippen MR) is 92.1 cm³/mol. The molecule has 1 saturated carbocycles. The lowest BCUT2D eigenvalue weighted by molar-refractivity contribution is -0.117. The van der Waals surface area contributed by atoms with Crippen LogP contribution >= 0.6 is 22.6 Å². The summed E-state index contributed by atoms with van der Waals surface area (Å²) >= 11 is 2.17. The van der Waals surface area contributed by atoms with Crippen LogP contribution in [0.1, 0.15) is 31.7 Å². The van der Waals surface area contributed by atoms with E-state index in [0.717, 1.165) is 40.4 Å². The van der Waals surface area contributed by atoms with Gasteiger partial charge >= 0.3 is 0 Å². The number of anilines is 1. The third-order valence-corrected chi connectivity index (χ3v) is 4.80. The number of halogens is 1. The Balaban J connectivity index is 1.78. The Morgan fingerprint density at radius 3 is 2.82 bits per heavy atom. The standard InChI is InChI=1S/C14H17IN6O/c1-2-10(22)19-8-3-5-9(6-4-8)21-14-11(12(15)20-21)13(16)17-7-18-14/h2,7-9H,1,3-6H2,(H,19,22)(H2,16,17,18)/t8-,9-. The van der Waals surface area contributed by atoms with Crippen LogP contribution in [0.4, 0.5) is 5.82 Å². The highest BCUT2D eigenvalue weighted by Crippen LogP contribution is 2.32. The molecule has 2 aromatic heterocycles. The quantitative estimate of drug-likeness (QED) is 0.592. The molecule has 1 aliphatic carbocycles. The number of nitrogens with one attached hydrogen (secondary N) is 1. The number of carbonyl (C=O) groups excluding carboxylic acids is 1. The number of carbonyl (C=O) groups is 1. The molecule has 0 spiro atoms. The number of aromatic nitrogens is 4. The van der Waals surface area contributed by atoms with E-state index >= 15 is 0 Å². The Kier molecular flexibility index (Phi) is 4.27. The molecule has 2 heterocycles. The van der Waals surface area contributed by atoms with Gasteiger partial charge in [-0.1, -0.05) is 6.58 Å². The van der Waals surface area contributed by atoms with E-state index in [1.807, 2.05) is 4.68 Å². The number of hydrogen-bond acceptors (Lipinski definition) is 5. The molecule has 7 nitrogen and oxygen atoms in total. The van der Waals surface area contributed by atoms with Crippen LogP contribution in [0, 0.1) is 3.70 Å². The van der Waals surface area contributed by atoms with Crippen molar-refractivity contribution in [2.75, 3.05) is 5.73 Å². The molecule has 0 unspecified atom stereocenters. The Morgan fingerprint density at radius 1 is 1.41 bits per heavy atom. The molecule has 3 rings (SSSR count). The van der Waals surface area contributed by atoms with Gasteiger partial charge in [-0.2, -0.15) is 5.10 Å². The third kappa shape index (κ3) is 2.79. The second kappa shape index (κ2) is 6.19. The van der Waals surface area contributed by atoms with Crippen molar-refractivity contribution in [1.82, 2.24) is 25.1 Å². The molecule has 0 saturated heterocycles. The van der Waals surface area contributed by atoms with Gasteiger partial charge in [0, 0.05) is 6.04 Å². The highest BCUT2D eigenvalue weighted by atomic mass is 127. The summed E-state index contributed by atoms with van der Waals surface area (Å²) in [5.74, 6) is 0.357. The first-order chi connectivity index (χ1) is 10.6. The first-order valence-electron chi connectivity index (χ1n) is 7.17. The largest absolute Gasteiger partial charge is 0.383 e. The SMILES string of the molecule is C=CC(=O)N[C@H]1CC[C@H](n2nc(I)c3c(N)ncnc32)CC1. The van der Waals surface area contributed by atoms with Crippen molar-refractivity contribution in [3.8, 4) is 0 Å². The number of fused-ring (bicyclic) bond motifs is 1. The Hall–Kier alpha value is -1.71. The van der Waals surface area contributed by atoms with Crippen molar-refractivity contribution >= 4 is 45.3 Å². The topological polar surface area (TPSA) is 98.7 Å². The fourth-order valence-electron chi connectivity index (χ4n) is 2.93. The van der Waals surface area contributed by atoms with Gasteiger partial charge in [-0.3, -0.25) is 4.79 Å². The van der Waals surface area contributed by atoms with Crippen LogP contribution in [0.3, 0.4) is 0 Å². The lowest BCUT2D eigenvalue weighted by Gasteiger charge is -2.29. The minimum absolute atomic E-state index is 0.108. The summed E-state index contributed by atoms with van der Waals surface area (Å²) < 4.78 is 2.79. The van der Waals surface area contributed by atoms with Crippen molar-refractivity contribution < 1.29 is 4.79 Å². The molecule has 3 N–H and O–H groups in total. The number of amides is 1. The van der Waals surface area contributed by atoms with E-state index < -0.39 is 0 Å². The maximum Gasteiger partial charge on any atom is 0.243 e. The number of hydrogen-bond donors (Lipinski definition) is 2. The first-order valence-corrected chi connectivity index (χ1v) is 8.25. The number of nitrogens with two attached hydrogens (primary N) is 1. The van der Waals surface area contributed by atoms with Gasteiger partial charge in [0.15, 0.2) is 5.65 Å². The van der Waals surface area contributed by atoms with Crippen LogP contribution < -0.4 is 11.1 Å². The van der Waals surface area contributed by atoms with Crippen molar-refractivity contribution in [1.29, 1.82) is 0 Å². The van der Waals surface area contributed by atoms with Gasteiger partial charge in [0.1, 0.15) is 15.8 Å². The summed E-state index contributed by atoms with van der Waals surface area (Å²) in [6.45, 7) is 3.48. The lowest BCUT2D eigenvalue weighted by atomic mass is 9.91. The second-order valence-electron chi connectivity index (χ2n) is 5.41. The fourth-order valence-corrected chi connectivity index (χ4v) is 3.68. The zero-order chi connectivity index (χ0) is 15.7. The maximum atomic E-state index is 11.4. The smallest absolute Gasteiger partial charge is 0.243 e. The predicted octanol–water partition coefficient (Wildman–Crippen LogP) is 1.80. The number of rotatable bonds is 3. The summed E-state index contributed by atoms with van der Waals surface area (Å²) in [5, 5.41) is 8.38. The van der Waals surface area contributed by atoms with Crippen molar-refractivity contribution in [2.24, 2.45) is 0 Å². The van der Waals surface area contributed by atoms with Gasteiger partial charge < -0.3 is 11.1 Å². The molecular formula is C14H17IN6O. The van der Waals surface area contributed by atoms with Gasteiger partial charge in [-0.05, 0) is 54.4 Å². The van der Waals surface area contributed by atoms with Crippen LogP contribution in [0.25, 0.3) is 11.0 Å². The van der Waals surface area contributed by atoms with E-state index in [4.69, 9.17) is 5.73 Å². The molecule has 116 valence electrons. The molecule has 0 bridgehead atoms. The fraction of sp³-hybridized carbons (Fsp3) is 0.429. The van der Waals surface area contributed by atoms with Crippen molar-refractivity contribution in [3.05, 3.63) is 22.7 Å². The van der Waals surface area contributed by atoms with E-state index in [-0.39, 0.29) is 18.0 Å². The van der Waals surface area contributed by atoms with Crippen molar-refractivity contribution in [2.45, 2.75) is 37.8 Å². The molecule has 22 heavy (non-hydrogen) atoms. The van der Waals surface area contributed by atoms with E-state index in [2.05, 4.69) is 49.6 Å². The van der Waals surface area contributed by atoms with E-state index in [1.54, 1.807) is 0 Å². The van der Waals surface area contributed by atoms with Crippen molar-refractivity contribution in [3.63, 3.8) is 0 Å². The zero-order valence-electron chi connectivity index (χ0n) is 12.0. The molecule has 0 aliphatic heterocycles. The molecule has 1 fully saturated rings. The Labute approximate surface area is 141 Å². The van der Waals surface area contributed by atoms with E-state index in [1.165, 1.54) is 12.4 Å². The van der Waals surface area contributed by atoms with E-state index in [9.17, 15) is 4.79 Å². The van der Waals surface area contributed by atoms with Crippen LogP contribution in [-0.4, -0.2) is 31.7 Å². The van der Waals surface area contributed by atoms with Gasteiger partial charge in [-0.25, -0.2) is 14.6 Å². The molecule has 0 aromatic carbocycles. The summed E-state index contributed by atoms with van der Waals surface area (Å²) in [4.78, 5) is 19.7. The highest BCUT2D eigenvalue weighted by Gasteiger charge is 2.26. The summed E-state index contributed by atoms with van der Waals surface area (Å²) in [6.07, 6.45) is 6.51. The van der Waals surface area contributed by atoms with Crippen LogP contribution in [-0.2, 0) is 4.79 Å². The van der Waals surface area contributed by atoms with Crippen LogP contribution in [0.2, 0.25) is 0 Å². The average molecular weight is 412 g/mol. The molecular weight excluding hydrogens is 395 g/mol. The second-order valence-corrected chi connectivity index (χ2v) is 6.43. The van der Waals surface area contributed by atoms with Gasteiger partial charge in [-0.15, -0.1) is 0 Å². The zero-order valence-corrected chi connectivity index (χ0v) is 14.2. The average Bonchev–Trinajstić information content (AvgIpc) is 2.86. The minimum atomic E-state index is -0.108. The normalized spacial score (nSPS) is 21.7. The molecule has 1 aliphatic rings. The number of nitrogen functional groups attached to an aromatic ring is 1. The summed E-state index contributed by atoms with van der Waals surface area (Å²) in [7, 11) is 0. The molecule has 2 aromatic rings.